The molecule has 0 aliphatic rings. The molecule has 1 N–H and O–H groups in total. The maximum absolute atomic E-state index is 12.4. The van der Waals surface area contributed by atoms with Gasteiger partial charge in [-0.2, -0.15) is 0 Å². The van der Waals surface area contributed by atoms with Gasteiger partial charge in [0.1, 0.15) is 11.5 Å². The van der Waals surface area contributed by atoms with Crippen LogP contribution in [-0.2, 0) is 10.0 Å². The molecule has 0 radical (unpaired) electrons. The summed E-state index contributed by atoms with van der Waals surface area (Å²) in [5.74, 6) is 1.05. The van der Waals surface area contributed by atoms with E-state index in [0.29, 0.717) is 23.1 Å². The van der Waals surface area contributed by atoms with Crippen LogP contribution in [0.1, 0.15) is 18.9 Å². The second kappa shape index (κ2) is 9.28. The minimum Gasteiger partial charge on any atom is -0.457 e. The number of nitrogens with zero attached hydrogens (tertiary/aromatic N) is 1. The Bertz CT molecular complexity index is 1390. The number of aryl methyl sites for hydroxylation is 1. The standard InChI is InChI=1S/C25H23ClN2O3S/c1-3-13-28-32(29,30)21-10-5-9-20(15-21)31-19-8-4-7-18(14-19)24-17(2)16-27-25-22(24)11-6-12-23(25)26/h4-12,14-16,28H,3,13H2,1-2H3. The Morgan fingerprint density at radius 1 is 1.00 bits per heavy atom. The smallest absolute Gasteiger partial charge is 0.240 e. The molecule has 164 valence electrons. The second-order valence-corrected chi connectivity index (χ2v) is 9.63. The number of sulfonamides is 1. The molecule has 0 spiro atoms. The summed E-state index contributed by atoms with van der Waals surface area (Å²) in [6.07, 6.45) is 2.53. The zero-order valence-corrected chi connectivity index (χ0v) is 19.4. The maximum Gasteiger partial charge on any atom is 0.240 e. The fourth-order valence-electron chi connectivity index (χ4n) is 3.55. The molecule has 0 saturated carbocycles. The summed E-state index contributed by atoms with van der Waals surface area (Å²) in [5.41, 5.74) is 3.76. The predicted octanol–water partition coefficient (Wildman–Crippen LogP) is 6.34. The van der Waals surface area contributed by atoms with Gasteiger partial charge in [0, 0.05) is 24.2 Å². The van der Waals surface area contributed by atoms with Crippen LogP contribution in [0.5, 0.6) is 11.5 Å². The van der Waals surface area contributed by atoms with Crippen molar-refractivity contribution in [3.8, 4) is 22.6 Å². The van der Waals surface area contributed by atoms with Crippen molar-refractivity contribution in [3.63, 3.8) is 0 Å². The second-order valence-electron chi connectivity index (χ2n) is 7.45. The van der Waals surface area contributed by atoms with Gasteiger partial charge >= 0.3 is 0 Å². The molecule has 0 bridgehead atoms. The topological polar surface area (TPSA) is 68.3 Å². The molecule has 4 rings (SSSR count). The van der Waals surface area contributed by atoms with Gasteiger partial charge in [-0.25, -0.2) is 13.1 Å². The maximum atomic E-state index is 12.4. The molecule has 3 aromatic carbocycles. The summed E-state index contributed by atoms with van der Waals surface area (Å²) in [5, 5.41) is 1.57. The molecular weight excluding hydrogens is 444 g/mol. The van der Waals surface area contributed by atoms with Crippen molar-refractivity contribution in [2.45, 2.75) is 25.2 Å². The van der Waals surface area contributed by atoms with Gasteiger partial charge in [-0.05, 0) is 60.4 Å². The number of para-hydroxylation sites is 1. The molecule has 32 heavy (non-hydrogen) atoms. The third-order valence-electron chi connectivity index (χ3n) is 5.05. The van der Waals surface area contributed by atoms with Crippen LogP contribution in [-0.4, -0.2) is 19.9 Å². The summed E-state index contributed by atoms with van der Waals surface area (Å²) in [6, 6.07) is 19.9. The van der Waals surface area contributed by atoms with Crippen LogP contribution in [0.15, 0.2) is 77.8 Å². The minimum atomic E-state index is -3.57. The fourth-order valence-corrected chi connectivity index (χ4v) is 4.94. The lowest BCUT2D eigenvalue weighted by atomic mass is 9.97. The molecule has 0 aliphatic carbocycles. The van der Waals surface area contributed by atoms with E-state index in [1.54, 1.807) is 18.2 Å². The van der Waals surface area contributed by atoms with Gasteiger partial charge in [0.15, 0.2) is 0 Å². The largest absolute Gasteiger partial charge is 0.457 e. The first kappa shape index (κ1) is 22.3. The first-order valence-electron chi connectivity index (χ1n) is 10.3. The Morgan fingerprint density at radius 3 is 2.50 bits per heavy atom. The summed E-state index contributed by atoms with van der Waals surface area (Å²) in [7, 11) is -3.57. The van der Waals surface area contributed by atoms with Gasteiger partial charge in [0.25, 0.3) is 0 Å². The van der Waals surface area contributed by atoms with Crippen LogP contribution in [0.4, 0.5) is 0 Å². The van der Waals surface area contributed by atoms with Crippen LogP contribution < -0.4 is 9.46 Å². The summed E-state index contributed by atoms with van der Waals surface area (Å²) in [4.78, 5) is 4.66. The fraction of sp³-hybridized carbons (Fsp3) is 0.160. The number of aromatic nitrogens is 1. The molecule has 4 aromatic rings. The lowest BCUT2D eigenvalue weighted by Gasteiger charge is -2.13. The molecule has 0 fully saturated rings. The molecule has 0 atom stereocenters. The van der Waals surface area contributed by atoms with Gasteiger partial charge in [-0.15, -0.1) is 0 Å². The molecule has 0 saturated heterocycles. The van der Waals surface area contributed by atoms with Crippen molar-refractivity contribution < 1.29 is 13.2 Å². The number of pyridine rings is 1. The predicted molar refractivity (Wildman–Crippen MR) is 129 cm³/mol. The van der Waals surface area contributed by atoms with Crippen molar-refractivity contribution in [1.29, 1.82) is 0 Å². The summed E-state index contributed by atoms with van der Waals surface area (Å²) < 4.78 is 33.5. The lowest BCUT2D eigenvalue weighted by molar-refractivity contribution is 0.481. The van der Waals surface area contributed by atoms with E-state index in [4.69, 9.17) is 16.3 Å². The van der Waals surface area contributed by atoms with Crippen molar-refractivity contribution >= 4 is 32.5 Å². The quantitative estimate of drug-likeness (QED) is 0.345. The SMILES string of the molecule is CCCNS(=O)(=O)c1cccc(Oc2cccc(-c3c(C)cnc4c(Cl)cccc34)c2)c1. The van der Waals surface area contributed by atoms with Gasteiger partial charge < -0.3 is 4.74 Å². The van der Waals surface area contributed by atoms with Gasteiger partial charge in [0.05, 0.1) is 15.4 Å². The number of nitrogens with one attached hydrogen (secondary N) is 1. The number of hydrogen-bond acceptors (Lipinski definition) is 4. The molecule has 1 heterocycles. The Balaban J connectivity index is 1.69. The summed E-state index contributed by atoms with van der Waals surface area (Å²) in [6.45, 7) is 4.31. The van der Waals surface area contributed by atoms with Crippen molar-refractivity contribution in [2.24, 2.45) is 0 Å². The van der Waals surface area contributed by atoms with Crippen LogP contribution in [0.2, 0.25) is 5.02 Å². The van der Waals surface area contributed by atoms with Crippen molar-refractivity contribution in [1.82, 2.24) is 9.71 Å². The number of hydrogen-bond donors (Lipinski definition) is 1. The zero-order chi connectivity index (χ0) is 22.7. The van der Waals surface area contributed by atoms with Gasteiger partial charge in [0.2, 0.25) is 10.0 Å². The van der Waals surface area contributed by atoms with Crippen molar-refractivity contribution in [3.05, 3.63) is 83.5 Å². The zero-order valence-electron chi connectivity index (χ0n) is 17.8. The normalized spacial score (nSPS) is 11.6. The number of benzene rings is 3. The molecule has 0 aliphatic heterocycles. The first-order chi connectivity index (χ1) is 15.4. The van der Waals surface area contributed by atoms with Crippen molar-refractivity contribution in [2.75, 3.05) is 6.54 Å². The number of fused-ring (bicyclic) bond motifs is 1. The Hall–Kier alpha value is -2.93. The van der Waals surface area contributed by atoms with Crippen LogP contribution in [0.3, 0.4) is 0 Å². The summed E-state index contributed by atoms with van der Waals surface area (Å²) >= 11 is 6.35. The molecular formula is C25H23ClN2O3S. The van der Waals surface area contributed by atoms with E-state index in [9.17, 15) is 8.42 Å². The van der Waals surface area contributed by atoms with E-state index >= 15 is 0 Å². The van der Waals surface area contributed by atoms with E-state index in [0.717, 1.165) is 34.0 Å². The van der Waals surface area contributed by atoms with E-state index < -0.39 is 10.0 Å². The highest BCUT2D eigenvalue weighted by Crippen LogP contribution is 2.35. The Kier molecular flexibility index (Phi) is 6.46. The highest BCUT2D eigenvalue weighted by molar-refractivity contribution is 7.89. The number of ether oxygens (including phenoxy) is 1. The molecule has 1 aromatic heterocycles. The lowest BCUT2D eigenvalue weighted by Crippen LogP contribution is -2.24. The van der Waals surface area contributed by atoms with Crippen LogP contribution in [0.25, 0.3) is 22.0 Å². The highest BCUT2D eigenvalue weighted by Gasteiger charge is 2.15. The molecule has 0 amide bonds. The Labute approximate surface area is 193 Å². The molecule has 0 unspecified atom stereocenters. The number of halogens is 1. The highest BCUT2D eigenvalue weighted by atomic mass is 35.5. The van der Waals surface area contributed by atoms with Gasteiger partial charge in [-0.1, -0.05) is 48.9 Å². The molecule has 7 heteroatoms. The van der Waals surface area contributed by atoms with E-state index in [1.165, 1.54) is 6.07 Å². The molecule has 5 nitrogen and oxygen atoms in total. The van der Waals surface area contributed by atoms with Crippen LogP contribution >= 0.6 is 11.6 Å². The van der Waals surface area contributed by atoms with E-state index in [2.05, 4.69) is 9.71 Å². The monoisotopic (exact) mass is 466 g/mol. The Morgan fingerprint density at radius 2 is 1.72 bits per heavy atom. The minimum absolute atomic E-state index is 0.171. The third-order valence-corrected chi connectivity index (χ3v) is 6.82. The average Bonchev–Trinajstić information content (AvgIpc) is 2.78. The van der Waals surface area contributed by atoms with E-state index in [-0.39, 0.29) is 4.90 Å². The van der Waals surface area contributed by atoms with E-state index in [1.807, 2.05) is 62.5 Å². The number of rotatable bonds is 7. The van der Waals surface area contributed by atoms with Crippen LogP contribution in [0, 0.1) is 6.92 Å². The third kappa shape index (κ3) is 4.63. The average molecular weight is 467 g/mol. The van der Waals surface area contributed by atoms with Gasteiger partial charge in [-0.3, -0.25) is 4.98 Å². The first-order valence-corrected chi connectivity index (χ1v) is 12.2.